The molecule has 5 heteroatoms. The van der Waals surface area contributed by atoms with E-state index >= 15 is 0 Å². The van der Waals surface area contributed by atoms with Gasteiger partial charge < -0.3 is 9.47 Å². The predicted octanol–water partition coefficient (Wildman–Crippen LogP) is 5.10. The zero-order valence-corrected chi connectivity index (χ0v) is 14.7. The van der Waals surface area contributed by atoms with E-state index in [1.165, 1.54) is 11.3 Å². The molecule has 3 nitrogen and oxygen atoms in total. The number of benzene rings is 1. The van der Waals surface area contributed by atoms with Crippen LogP contribution in [0.5, 0.6) is 5.75 Å². The van der Waals surface area contributed by atoms with Crippen molar-refractivity contribution in [3.05, 3.63) is 74.6 Å². The second kappa shape index (κ2) is 7.95. The molecule has 0 fully saturated rings. The largest absolute Gasteiger partial charge is 0.497 e. The van der Waals surface area contributed by atoms with Crippen molar-refractivity contribution in [3.63, 3.8) is 0 Å². The summed E-state index contributed by atoms with van der Waals surface area (Å²) in [4.78, 5) is 14.5. The molecule has 0 amide bonds. The van der Waals surface area contributed by atoms with Crippen molar-refractivity contribution in [1.29, 1.82) is 0 Å². The third-order valence-electron chi connectivity index (χ3n) is 3.34. The molecule has 0 unspecified atom stereocenters. The fourth-order valence-electron chi connectivity index (χ4n) is 2.17. The van der Waals surface area contributed by atoms with E-state index < -0.39 is 0 Å². The van der Waals surface area contributed by atoms with Crippen molar-refractivity contribution < 1.29 is 14.3 Å². The molecule has 0 radical (unpaired) electrons. The molecule has 1 aromatic carbocycles. The molecular formula is C19H16O3S2. The number of ether oxygens (including phenoxy) is 2. The van der Waals surface area contributed by atoms with Gasteiger partial charge >= 0.3 is 5.97 Å². The molecule has 0 saturated carbocycles. The summed E-state index contributed by atoms with van der Waals surface area (Å²) < 4.78 is 10.7. The lowest BCUT2D eigenvalue weighted by atomic mass is 10.2. The molecule has 0 aliphatic carbocycles. The summed E-state index contributed by atoms with van der Waals surface area (Å²) in [5.74, 6) is 0.421. The highest BCUT2D eigenvalue weighted by molar-refractivity contribution is 7.12. The van der Waals surface area contributed by atoms with Crippen LogP contribution in [0.3, 0.4) is 0 Å². The summed E-state index contributed by atoms with van der Waals surface area (Å²) in [7, 11) is 1.61. The van der Waals surface area contributed by atoms with Crippen LogP contribution in [0.4, 0.5) is 0 Å². The van der Waals surface area contributed by atoms with Crippen LogP contribution in [0.1, 0.15) is 15.3 Å². The fourth-order valence-corrected chi connectivity index (χ4v) is 3.55. The van der Waals surface area contributed by atoms with Gasteiger partial charge in [-0.3, -0.25) is 0 Å². The van der Waals surface area contributed by atoms with Gasteiger partial charge in [-0.1, -0.05) is 24.3 Å². The molecule has 0 aliphatic rings. The van der Waals surface area contributed by atoms with Crippen LogP contribution in [0.2, 0.25) is 0 Å². The maximum Gasteiger partial charge on any atom is 0.339 e. The molecule has 3 rings (SSSR count). The molecule has 3 aromatic rings. The van der Waals surface area contributed by atoms with E-state index in [0.717, 1.165) is 21.1 Å². The monoisotopic (exact) mass is 356 g/mol. The smallest absolute Gasteiger partial charge is 0.339 e. The lowest BCUT2D eigenvalue weighted by Crippen LogP contribution is -2.06. The van der Waals surface area contributed by atoms with E-state index in [0.29, 0.717) is 5.57 Å². The first-order valence-electron chi connectivity index (χ1n) is 7.35. The Bertz CT molecular complexity index is 818. The highest BCUT2D eigenvalue weighted by Crippen LogP contribution is 2.26. The summed E-state index contributed by atoms with van der Waals surface area (Å²) in [6.07, 6.45) is 1.88. The second-order valence-corrected chi connectivity index (χ2v) is 6.91. The minimum atomic E-state index is -0.325. The minimum absolute atomic E-state index is 0.211. The van der Waals surface area contributed by atoms with Gasteiger partial charge in [-0.25, -0.2) is 4.79 Å². The van der Waals surface area contributed by atoms with Gasteiger partial charge in [0.25, 0.3) is 0 Å². The van der Waals surface area contributed by atoms with Crippen molar-refractivity contribution in [1.82, 2.24) is 0 Å². The predicted molar refractivity (Wildman–Crippen MR) is 99.3 cm³/mol. The minimum Gasteiger partial charge on any atom is -0.497 e. The quantitative estimate of drug-likeness (QED) is 0.455. The van der Waals surface area contributed by atoms with Crippen LogP contribution >= 0.6 is 22.7 Å². The molecule has 122 valence electrons. The SMILES string of the molecule is COc1cccc(COC(=O)C(=Cc2cccs2)c2cccs2)c1. The number of rotatable bonds is 6. The van der Waals surface area contributed by atoms with Gasteiger partial charge in [0.15, 0.2) is 0 Å². The van der Waals surface area contributed by atoms with Crippen molar-refractivity contribution in [2.45, 2.75) is 6.61 Å². The maximum atomic E-state index is 12.6. The van der Waals surface area contributed by atoms with Crippen LogP contribution in [-0.4, -0.2) is 13.1 Å². The first-order valence-corrected chi connectivity index (χ1v) is 9.11. The Morgan fingerprint density at radius 1 is 1.08 bits per heavy atom. The topological polar surface area (TPSA) is 35.5 Å². The van der Waals surface area contributed by atoms with Crippen molar-refractivity contribution >= 4 is 40.3 Å². The lowest BCUT2D eigenvalue weighted by molar-refractivity contribution is -0.137. The number of hydrogen-bond acceptors (Lipinski definition) is 5. The van der Waals surface area contributed by atoms with Gasteiger partial charge in [0.1, 0.15) is 12.4 Å². The van der Waals surface area contributed by atoms with E-state index in [1.807, 2.05) is 65.4 Å². The van der Waals surface area contributed by atoms with Crippen molar-refractivity contribution in [2.24, 2.45) is 0 Å². The zero-order chi connectivity index (χ0) is 16.8. The van der Waals surface area contributed by atoms with Gasteiger partial charge in [0.2, 0.25) is 0 Å². The van der Waals surface area contributed by atoms with Gasteiger partial charge in [-0.15, -0.1) is 22.7 Å². The Hall–Kier alpha value is -2.37. The first-order chi connectivity index (χ1) is 11.8. The lowest BCUT2D eigenvalue weighted by Gasteiger charge is -2.08. The standard InChI is InChI=1S/C19H16O3S2/c1-21-15-6-2-5-14(11-15)13-22-19(20)17(18-8-4-10-24-18)12-16-7-3-9-23-16/h2-12H,13H2,1H3. The number of thiophene rings is 2. The molecule has 24 heavy (non-hydrogen) atoms. The van der Waals surface area contributed by atoms with Gasteiger partial charge in [-0.05, 0) is 46.7 Å². The Balaban J connectivity index is 1.77. The highest BCUT2D eigenvalue weighted by Gasteiger charge is 2.15. The van der Waals surface area contributed by atoms with Crippen LogP contribution in [0.15, 0.2) is 59.3 Å². The molecule has 2 heterocycles. The van der Waals surface area contributed by atoms with Crippen molar-refractivity contribution in [2.75, 3.05) is 7.11 Å². The molecule has 0 bridgehead atoms. The number of esters is 1. The number of carbonyl (C=O) groups excluding carboxylic acids is 1. The fraction of sp³-hybridized carbons (Fsp3) is 0.105. The molecular weight excluding hydrogens is 340 g/mol. The Kier molecular flexibility index (Phi) is 5.46. The van der Waals surface area contributed by atoms with E-state index in [9.17, 15) is 4.79 Å². The molecule has 0 atom stereocenters. The molecule has 0 spiro atoms. The molecule has 0 aliphatic heterocycles. The summed E-state index contributed by atoms with van der Waals surface area (Å²) in [5, 5.41) is 3.94. The number of carbonyl (C=O) groups is 1. The van der Waals surface area contributed by atoms with Crippen LogP contribution in [0.25, 0.3) is 11.6 Å². The number of methoxy groups -OCH3 is 1. The zero-order valence-electron chi connectivity index (χ0n) is 13.1. The van der Waals surface area contributed by atoms with Crippen LogP contribution in [0, 0.1) is 0 Å². The number of hydrogen-bond donors (Lipinski definition) is 0. The highest BCUT2D eigenvalue weighted by atomic mass is 32.1. The maximum absolute atomic E-state index is 12.6. The molecule has 2 aromatic heterocycles. The summed E-state index contributed by atoms with van der Waals surface area (Å²) in [6, 6.07) is 15.3. The Morgan fingerprint density at radius 2 is 1.92 bits per heavy atom. The molecule has 0 N–H and O–H groups in total. The van der Waals surface area contributed by atoms with Crippen LogP contribution < -0.4 is 4.74 Å². The average Bonchev–Trinajstić information content (AvgIpc) is 3.31. The van der Waals surface area contributed by atoms with Crippen molar-refractivity contribution in [3.8, 4) is 5.75 Å². The second-order valence-electron chi connectivity index (χ2n) is 4.98. The summed E-state index contributed by atoms with van der Waals surface area (Å²) in [5.41, 5.74) is 1.47. The average molecular weight is 356 g/mol. The van der Waals surface area contributed by atoms with E-state index in [1.54, 1.807) is 18.4 Å². The third-order valence-corrected chi connectivity index (χ3v) is 5.06. The third kappa shape index (κ3) is 4.13. The summed E-state index contributed by atoms with van der Waals surface area (Å²) >= 11 is 3.11. The summed E-state index contributed by atoms with van der Waals surface area (Å²) in [6.45, 7) is 0.211. The Labute approximate surface area is 148 Å². The first kappa shape index (κ1) is 16.5. The van der Waals surface area contributed by atoms with Gasteiger partial charge in [0.05, 0.1) is 12.7 Å². The Morgan fingerprint density at radius 3 is 2.62 bits per heavy atom. The van der Waals surface area contributed by atoms with Gasteiger partial charge in [0, 0.05) is 9.75 Å². The van der Waals surface area contributed by atoms with E-state index in [4.69, 9.17) is 9.47 Å². The normalized spacial score (nSPS) is 11.3. The van der Waals surface area contributed by atoms with E-state index in [-0.39, 0.29) is 12.6 Å². The van der Waals surface area contributed by atoms with Gasteiger partial charge in [-0.2, -0.15) is 0 Å². The van der Waals surface area contributed by atoms with Crippen LogP contribution in [-0.2, 0) is 16.1 Å². The molecule has 0 saturated heterocycles. The van der Waals surface area contributed by atoms with E-state index in [2.05, 4.69) is 0 Å².